The molecule has 0 amide bonds. The van der Waals surface area contributed by atoms with E-state index in [1.54, 1.807) is 6.20 Å². The Hall–Kier alpha value is -2.49. The van der Waals surface area contributed by atoms with Gasteiger partial charge in [-0.05, 0) is 60.2 Å². The molecule has 138 valence electrons. The van der Waals surface area contributed by atoms with Crippen molar-refractivity contribution in [2.45, 2.75) is 13.8 Å². The van der Waals surface area contributed by atoms with Crippen LogP contribution in [-0.4, -0.2) is 11.9 Å². The predicted octanol–water partition coefficient (Wildman–Crippen LogP) is 5.34. The molecule has 3 aromatic carbocycles. The second kappa shape index (κ2) is 7.87. The van der Waals surface area contributed by atoms with Gasteiger partial charge in [0.25, 0.3) is 0 Å². The molecule has 4 rings (SSSR count). The van der Waals surface area contributed by atoms with Crippen LogP contribution in [0.3, 0.4) is 0 Å². The second-order valence-corrected chi connectivity index (χ2v) is 7.66. The monoisotopic (exact) mass is 405 g/mol. The zero-order chi connectivity index (χ0) is 19.7. The van der Waals surface area contributed by atoms with Crippen molar-refractivity contribution >= 4 is 51.9 Å². The maximum atomic E-state index is 6.51. The van der Waals surface area contributed by atoms with E-state index in [9.17, 15) is 0 Å². The largest absolute Gasteiger partial charge is 0.550 e. The van der Waals surface area contributed by atoms with Crippen molar-refractivity contribution in [3.63, 3.8) is 0 Å². The lowest BCUT2D eigenvalue weighted by Crippen LogP contribution is -2.47. The van der Waals surface area contributed by atoms with Crippen LogP contribution < -0.4 is 15.6 Å². The van der Waals surface area contributed by atoms with Crippen molar-refractivity contribution in [1.29, 1.82) is 0 Å². The lowest BCUT2D eigenvalue weighted by atomic mass is 9.55. The molecule has 1 heterocycles. The number of benzene rings is 3. The Balaban J connectivity index is 1.84. The maximum Gasteiger partial charge on any atom is 0.426 e. The Morgan fingerprint density at radius 1 is 0.786 bits per heavy atom. The number of aromatic nitrogens is 1. The van der Waals surface area contributed by atoms with Crippen LogP contribution in [-0.2, 0) is 0 Å². The van der Waals surface area contributed by atoms with Gasteiger partial charge in [0.15, 0.2) is 0 Å². The summed E-state index contributed by atoms with van der Waals surface area (Å²) in [5.74, 6) is 0.719. The van der Waals surface area contributed by atoms with Gasteiger partial charge in [-0.25, -0.2) is 0 Å². The molecule has 5 heteroatoms. The molecule has 0 unspecified atom stereocenters. The van der Waals surface area contributed by atoms with Gasteiger partial charge in [0.05, 0.1) is 0 Å². The van der Waals surface area contributed by atoms with Gasteiger partial charge in [-0.3, -0.25) is 4.98 Å². The summed E-state index contributed by atoms with van der Waals surface area (Å²) in [5.41, 5.74) is 4.80. The van der Waals surface area contributed by atoms with E-state index in [1.807, 2.05) is 80.6 Å². The van der Waals surface area contributed by atoms with Gasteiger partial charge in [0.1, 0.15) is 11.3 Å². The minimum absolute atomic E-state index is 0.358. The number of nitrogens with zero attached hydrogens (tertiary/aromatic N) is 1. The van der Waals surface area contributed by atoms with E-state index >= 15 is 0 Å². The highest BCUT2D eigenvalue weighted by atomic mass is 35.5. The Bertz CT molecular complexity index is 1110. The fraction of sp³-hybridized carbons (Fsp3) is 0.0870. The lowest BCUT2D eigenvalue weighted by molar-refractivity contribution is 0.597. The third kappa shape index (κ3) is 3.73. The van der Waals surface area contributed by atoms with Gasteiger partial charge in [0.2, 0.25) is 0 Å². The van der Waals surface area contributed by atoms with Crippen LogP contribution in [0.5, 0.6) is 5.75 Å². The number of halogens is 2. The smallest absolute Gasteiger partial charge is 0.426 e. The van der Waals surface area contributed by atoms with Crippen molar-refractivity contribution in [2.75, 3.05) is 0 Å². The molecule has 0 aliphatic heterocycles. The molecule has 2 nitrogen and oxygen atoms in total. The SMILES string of the molecule is Cc1ccc(B(Oc2cccc3cccnc23)c2ccc(C)c(Cl)c2)cc1Cl. The van der Waals surface area contributed by atoms with Crippen molar-refractivity contribution in [3.05, 3.63) is 94.1 Å². The van der Waals surface area contributed by atoms with E-state index < -0.39 is 0 Å². The molecule has 0 N–H and O–H groups in total. The van der Waals surface area contributed by atoms with Crippen molar-refractivity contribution in [3.8, 4) is 5.75 Å². The van der Waals surface area contributed by atoms with Gasteiger partial charge < -0.3 is 4.65 Å². The number of para-hydroxylation sites is 1. The van der Waals surface area contributed by atoms with Crippen LogP contribution in [0.25, 0.3) is 10.9 Å². The van der Waals surface area contributed by atoms with E-state index in [0.717, 1.165) is 38.7 Å². The molecule has 0 atom stereocenters. The van der Waals surface area contributed by atoms with E-state index in [4.69, 9.17) is 27.9 Å². The van der Waals surface area contributed by atoms with Gasteiger partial charge in [-0.1, -0.05) is 65.7 Å². The molecule has 0 radical (unpaired) electrons. The molecule has 1 aromatic heterocycles. The van der Waals surface area contributed by atoms with E-state index in [2.05, 4.69) is 4.98 Å². The summed E-state index contributed by atoms with van der Waals surface area (Å²) in [6.45, 7) is 3.61. The zero-order valence-corrected chi connectivity index (χ0v) is 17.1. The van der Waals surface area contributed by atoms with Gasteiger partial charge in [0, 0.05) is 21.6 Å². The fourth-order valence-electron chi connectivity index (χ4n) is 3.17. The first-order valence-electron chi connectivity index (χ1n) is 9.05. The van der Waals surface area contributed by atoms with Crippen LogP contribution in [0.2, 0.25) is 10.0 Å². The minimum Gasteiger partial charge on any atom is -0.550 e. The average Bonchev–Trinajstić information content (AvgIpc) is 2.70. The van der Waals surface area contributed by atoms with Crippen LogP contribution in [0.15, 0.2) is 72.9 Å². The predicted molar refractivity (Wildman–Crippen MR) is 120 cm³/mol. The molecule has 0 bridgehead atoms. The van der Waals surface area contributed by atoms with Crippen LogP contribution in [0.1, 0.15) is 11.1 Å². The minimum atomic E-state index is -0.358. The molecule has 0 aliphatic rings. The first kappa shape index (κ1) is 18.9. The average molecular weight is 406 g/mol. The Morgan fingerprint density at radius 2 is 1.39 bits per heavy atom. The van der Waals surface area contributed by atoms with Crippen molar-refractivity contribution in [2.24, 2.45) is 0 Å². The molecular weight excluding hydrogens is 388 g/mol. The summed E-state index contributed by atoms with van der Waals surface area (Å²) in [6.07, 6.45) is 1.77. The summed E-state index contributed by atoms with van der Waals surface area (Å²) in [4.78, 5) is 4.51. The number of pyridine rings is 1. The topological polar surface area (TPSA) is 22.1 Å². The molecule has 4 aromatic rings. The Kier molecular flexibility index (Phi) is 5.30. The number of hydrogen-bond donors (Lipinski definition) is 0. The molecule has 0 saturated heterocycles. The fourth-order valence-corrected chi connectivity index (χ4v) is 3.55. The number of hydrogen-bond acceptors (Lipinski definition) is 2. The van der Waals surface area contributed by atoms with E-state index in [-0.39, 0.29) is 6.92 Å². The number of rotatable bonds is 4. The summed E-state index contributed by atoms with van der Waals surface area (Å²) < 4.78 is 6.51. The second-order valence-electron chi connectivity index (χ2n) is 6.85. The first-order chi connectivity index (χ1) is 13.5. The summed E-state index contributed by atoms with van der Waals surface area (Å²) >= 11 is 12.8. The summed E-state index contributed by atoms with van der Waals surface area (Å²) in [6, 6.07) is 21.9. The van der Waals surface area contributed by atoms with E-state index in [1.165, 1.54) is 0 Å². The number of fused-ring (bicyclic) bond motifs is 1. The maximum absolute atomic E-state index is 6.51. The van der Waals surface area contributed by atoms with Crippen LogP contribution >= 0.6 is 23.2 Å². The van der Waals surface area contributed by atoms with Crippen molar-refractivity contribution < 1.29 is 4.65 Å². The highest BCUT2D eigenvalue weighted by Crippen LogP contribution is 2.24. The standard InChI is InChI=1S/C23H18BCl2NO/c1-15-8-10-18(13-20(15)25)24(19-11-9-16(2)21(26)14-19)28-22-7-3-5-17-6-4-12-27-23(17)22/h3-14H,1-2H3. The van der Waals surface area contributed by atoms with Crippen molar-refractivity contribution in [1.82, 2.24) is 4.98 Å². The van der Waals surface area contributed by atoms with Gasteiger partial charge in [-0.2, -0.15) is 0 Å². The third-order valence-corrected chi connectivity index (χ3v) is 5.65. The third-order valence-electron chi connectivity index (χ3n) is 4.84. The van der Waals surface area contributed by atoms with E-state index in [0.29, 0.717) is 10.0 Å². The molecule has 0 aliphatic carbocycles. The zero-order valence-electron chi connectivity index (χ0n) is 15.6. The van der Waals surface area contributed by atoms with Crippen LogP contribution in [0.4, 0.5) is 0 Å². The first-order valence-corrected chi connectivity index (χ1v) is 9.81. The Labute approximate surface area is 175 Å². The quantitative estimate of drug-likeness (QED) is 0.427. The highest BCUT2D eigenvalue weighted by Gasteiger charge is 2.26. The summed E-state index contributed by atoms with van der Waals surface area (Å²) in [7, 11) is 0. The molecular formula is C23H18BCl2NO. The molecule has 0 spiro atoms. The van der Waals surface area contributed by atoms with Crippen LogP contribution in [0, 0.1) is 13.8 Å². The summed E-state index contributed by atoms with van der Waals surface area (Å²) in [5, 5.41) is 2.45. The molecule has 0 fully saturated rings. The highest BCUT2D eigenvalue weighted by molar-refractivity contribution is 6.81. The van der Waals surface area contributed by atoms with Gasteiger partial charge in [-0.15, -0.1) is 0 Å². The Morgan fingerprint density at radius 3 is 2.00 bits per heavy atom. The van der Waals surface area contributed by atoms with Gasteiger partial charge >= 0.3 is 6.92 Å². The molecule has 0 saturated carbocycles. The number of aryl methyl sites for hydroxylation is 2. The molecule has 28 heavy (non-hydrogen) atoms. The lowest BCUT2D eigenvalue weighted by Gasteiger charge is -2.19. The normalized spacial score (nSPS) is 10.9.